The summed E-state index contributed by atoms with van der Waals surface area (Å²) >= 11 is 0. The van der Waals surface area contributed by atoms with E-state index in [0.29, 0.717) is 5.82 Å². The van der Waals surface area contributed by atoms with Crippen molar-refractivity contribution in [1.82, 2.24) is 15.2 Å². The molecule has 0 fully saturated rings. The van der Waals surface area contributed by atoms with Crippen LogP contribution >= 0.6 is 0 Å². The van der Waals surface area contributed by atoms with Gasteiger partial charge in [-0.3, -0.25) is 5.10 Å². The van der Waals surface area contributed by atoms with Crippen LogP contribution in [0.15, 0.2) is 30.3 Å². The highest BCUT2D eigenvalue weighted by Crippen LogP contribution is 2.29. The van der Waals surface area contributed by atoms with Crippen LogP contribution < -0.4 is 5.73 Å². The summed E-state index contributed by atoms with van der Waals surface area (Å²) in [5, 5.41) is 17.1. The smallest absolute Gasteiger partial charge is 0.145 e. The number of aromatic amines is 2. The number of nitrogens with one attached hydrogen (secondary N) is 2. The number of fused-ring (bicyclic) bond motifs is 1. The van der Waals surface area contributed by atoms with Gasteiger partial charge in [-0.25, -0.2) is 0 Å². The summed E-state index contributed by atoms with van der Waals surface area (Å²) in [6, 6.07) is 8.94. The maximum atomic E-state index is 9.67. The number of nitrogens with zero attached hydrogens (tertiary/aromatic N) is 1. The van der Waals surface area contributed by atoms with Gasteiger partial charge in [0.2, 0.25) is 0 Å². The Morgan fingerprint density at radius 2 is 2.06 bits per heavy atom. The Bertz CT molecular complexity index is 653. The van der Waals surface area contributed by atoms with Crippen molar-refractivity contribution in [1.29, 1.82) is 0 Å². The first kappa shape index (κ1) is 8.84. The third-order valence-electron chi connectivity index (χ3n) is 2.53. The molecule has 0 amide bonds. The van der Waals surface area contributed by atoms with Crippen LogP contribution in [0.5, 0.6) is 5.75 Å². The number of benzene rings is 1. The molecule has 0 aliphatic carbocycles. The Morgan fingerprint density at radius 3 is 2.75 bits per heavy atom. The van der Waals surface area contributed by atoms with Crippen LogP contribution in [0.1, 0.15) is 0 Å². The highest BCUT2D eigenvalue weighted by Gasteiger charge is 2.07. The zero-order chi connectivity index (χ0) is 11.1. The van der Waals surface area contributed by atoms with Crippen LogP contribution in [0.25, 0.3) is 22.3 Å². The van der Waals surface area contributed by atoms with Crippen molar-refractivity contribution in [2.75, 3.05) is 5.73 Å². The Hall–Kier alpha value is -2.43. The lowest BCUT2D eigenvalue weighted by atomic mass is 10.2. The molecule has 16 heavy (non-hydrogen) atoms. The molecule has 0 unspecified atom stereocenters. The third-order valence-corrected chi connectivity index (χ3v) is 2.53. The second kappa shape index (κ2) is 3.03. The molecule has 0 saturated carbocycles. The van der Waals surface area contributed by atoms with Crippen molar-refractivity contribution in [2.45, 2.75) is 0 Å². The van der Waals surface area contributed by atoms with E-state index in [-0.39, 0.29) is 5.75 Å². The number of aromatic nitrogens is 3. The van der Waals surface area contributed by atoms with E-state index in [1.807, 2.05) is 12.1 Å². The average Bonchev–Trinajstić information content (AvgIpc) is 2.84. The Morgan fingerprint density at radius 1 is 1.19 bits per heavy atom. The lowest BCUT2D eigenvalue weighted by Crippen LogP contribution is -1.81. The third kappa shape index (κ3) is 1.22. The fourth-order valence-electron chi connectivity index (χ4n) is 1.76. The molecule has 80 valence electrons. The van der Waals surface area contributed by atoms with E-state index in [9.17, 15) is 5.11 Å². The summed E-state index contributed by atoms with van der Waals surface area (Å²) in [7, 11) is 0. The lowest BCUT2D eigenvalue weighted by Gasteiger charge is -1.91. The van der Waals surface area contributed by atoms with E-state index in [1.165, 1.54) is 0 Å². The summed E-state index contributed by atoms with van der Waals surface area (Å²) < 4.78 is 0. The molecule has 0 radical (unpaired) electrons. The molecule has 2 heterocycles. The fourth-order valence-corrected chi connectivity index (χ4v) is 1.76. The minimum atomic E-state index is 0.257. The van der Waals surface area contributed by atoms with Gasteiger partial charge in [-0.05, 0) is 18.2 Å². The molecular formula is C11H10N4O. The highest BCUT2D eigenvalue weighted by atomic mass is 16.3. The fraction of sp³-hybridized carbons (Fsp3) is 0. The van der Waals surface area contributed by atoms with Gasteiger partial charge in [-0.1, -0.05) is 6.07 Å². The number of nitrogens with two attached hydrogens (primary N) is 1. The van der Waals surface area contributed by atoms with E-state index < -0.39 is 0 Å². The van der Waals surface area contributed by atoms with Gasteiger partial charge in [0, 0.05) is 17.0 Å². The molecule has 0 aliphatic rings. The van der Waals surface area contributed by atoms with E-state index in [1.54, 1.807) is 18.2 Å². The second-order valence-electron chi connectivity index (χ2n) is 3.63. The van der Waals surface area contributed by atoms with Crippen molar-refractivity contribution in [2.24, 2.45) is 0 Å². The summed E-state index contributed by atoms with van der Waals surface area (Å²) in [6.07, 6.45) is 0. The largest absolute Gasteiger partial charge is 0.507 e. The minimum Gasteiger partial charge on any atom is -0.507 e. The second-order valence-corrected chi connectivity index (χ2v) is 3.63. The predicted octanol–water partition coefficient (Wildman–Crippen LogP) is 1.85. The predicted molar refractivity (Wildman–Crippen MR) is 62.0 cm³/mol. The lowest BCUT2D eigenvalue weighted by molar-refractivity contribution is 0.482. The molecule has 1 aromatic carbocycles. The normalized spacial score (nSPS) is 11.0. The van der Waals surface area contributed by atoms with Gasteiger partial charge in [-0.2, -0.15) is 5.10 Å². The summed E-state index contributed by atoms with van der Waals surface area (Å²) in [6.45, 7) is 0. The first-order chi connectivity index (χ1) is 7.74. The van der Waals surface area contributed by atoms with Gasteiger partial charge in [-0.15, -0.1) is 0 Å². The van der Waals surface area contributed by atoms with Crippen molar-refractivity contribution in [3.8, 4) is 17.1 Å². The minimum absolute atomic E-state index is 0.257. The van der Waals surface area contributed by atoms with Crippen LogP contribution in [0.3, 0.4) is 0 Å². The van der Waals surface area contributed by atoms with E-state index in [2.05, 4.69) is 15.2 Å². The molecule has 2 aromatic heterocycles. The zero-order valence-corrected chi connectivity index (χ0v) is 8.36. The number of hydrogen-bond donors (Lipinski definition) is 4. The summed E-state index contributed by atoms with van der Waals surface area (Å²) in [5.74, 6) is 0.699. The molecule has 5 heteroatoms. The van der Waals surface area contributed by atoms with Gasteiger partial charge in [0.1, 0.15) is 11.6 Å². The first-order valence-corrected chi connectivity index (χ1v) is 4.86. The van der Waals surface area contributed by atoms with Crippen molar-refractivity contribution >= 4 is 16.7 Å². The topological polar surface area (TPSA) is 90.7 Å². The van der Waals surface area contributed by atoms with Crippen molar-refractivity contribution in [3.63, 3.8) is 0 Å². The quantitative estimate of drug-likeness (QED) is 0.498. The van der Waals surface area contributed by atoms with Crippen LogP contribution in [0, 0.1) is 0 Å². The molecule has 0 atom stereocenters. The van der Waals surface area contributed by atoms with Crippen LogP contribution in [-0.4, -0.2) is 20.3 Å². The average molecular weight is 214 g/mol. The number of anilines is 1. The first-order valence-electron chi connectivity index (χ1n) is 4.86. The number of nitrogen functional groups attached to an aromatic ring is 1. The number of H-pyrrole nitrogens is 2. The molecule has 5 N–H and O–H groups in total. The van der Waals surface area contributed by atoms with E-state index in [0.717, 1.165) is 22.3 Å². The van der Waals surface area contributed by atoms with Crippen LogP contribution in [0.2, 0.25) is 0 Å². The molecule has 5 nitrogen and oxygen atoms in total. The van der Waals surface area contributed by atoms with E-state index in [4.69, 9.17) is 5.73 Å². The number of hydrogen-bond acceptors (Lipinski definition) is 3. The molecule has 0 spiro atoms. The number of phenolic OH excluding ortho intramolecular Hbond substituents is 1. The Labute approximate surface area is 90.9 Å². The van der Waals surface area contributed by atoms with Gasteiger partial charge >= 0.3 is 0 Å². The summed E-state index contributed by atoms with van der Waals surface area (Å²) in [5.41, 5.74) is 8.06. The molecule has 3 rings (SSSR count). The molecule has 0 saturated heterocycles. The zero-order valence-electron chi connectivity index (χ0n) is 8.36. The standard InChI is InChI=1S/C11H10N4O/c12-11-5-9(14-15-11)8-4-6-7(13-8)2-1-3-10(6)16/h1-5,13,16H,(H3,12,14,15). The number of phenols is 1. The van der Waals surface area contributed by atoms with Crippen molar-refractivity contribution < 1.29 is 5.11 Å². The number of aromatic hydroxyl groups is 1. The van der Waals surface area contributed by atoms with Crippen LogP contribution in [0.4, 0.5) is 5.82 Å². The monoisotopic (exact) mass is 214 g/mol. The van der Waals surface area contributed by atoms with Gasteiger partial charge in [0.25, 0.3) is 0 Å². The van der Waals surface area contributed by atoms with Crippen LogP contribution in [-0.2, 0) is 0 Å². The van der Waals surface area contributed by atoms with Gasteiger partial charge in [0.15, 0.2) is 0 Å². The molecule has 0 bridgehead atoms. The molecule has 0 aliphatic heterocycles. The van der Waals surface area contributed by atoms with Gasteiger partial charge in [0.05, 0.1) is 11.4 Å². The Balaban J connectivity index is 2.22. The molecular weight excluding hydrogens is 204 g/mol. The summed E-state index contributed by atoms with van der Waals surface area (Å²) in [4.78, 5) is 3.18. The van der Waals surface area contributed by atoms with Gasteiger partial charge < -0.3 is 15.8 Å². The maximum Gasteiger partial charge on any atom is 0.145 e. The van der Waals surface area contributed by atoms with Crippen molar-refractivity contribution in [3.05, 3.63) is 30.3 Å². The maximum absolute atomic E-state index is 9.67. The number of rotatable bonds is 1. The van der Waals surface area contributed by atoms with E-state index >= 15 is 0 Å². The highest BCUT2D eigenvalue weighted by molar-refractivity contribution is 5.90. The SMILES string of the molecule is Nc1cc(-c2cc3c(O)cccc3[nH]2)[nH]n1. The molecule has 3 aromatic rings. The Kier molecular flexibility index (Phi) is 1.67.